The van der Waals surface area contributed by atoms with Gasteiger partial charge in [0.15, 0.2) is 23.4 Å². The molecule has 1 unspecified atom stereocenters. The van der Waals surface area contributed by atoms with Crippen molar-refractivity contribution in [3.8, 4) is 11.5 Å². The summed E-state index contributed by atoms with van der Waals surface area (Å²) in [6.45, 7) is 1.56. The molecule has 162 valence electrons. The van der Waals surface area contributed by atoms with Crippen LogP contribution in [0.2, 0.25) is 0 Å². The van der Waals surface area contributed by atoms with Crippen molar-refractivity contribution in [3.63, 3.8) is 0 Å². The first-order valence-corrected chi connectivity index (χ1v) is 11.5. The number of ether oxygens (including phenoxy) is 2. The number of Topliss-reactive ketones (excluding diaryl/α,β-unsaturated/α-hetero) is 1. The monoisotopic (exact) mass is 419 g/mol. The predicted octanol–water partition coefficient (Wildman–Crippen LogP) is 3.40. The van der Waals surface area contributed by atoms with Crippen LogP contribution in [-0.2, 0) is 27.8 Å². The van der Waals surface area contributed by atoms with Crippen LogP contribution in [0, 0.1) is 0 Å². The van der Waals surface area contributed by atoms with Gasteiger partial charge >= 0.3 is 0 Å². The van der Waals surface area contributed by atoms with Crippen molar-refractivity contribution in [1.82, 2.24) is 4.90 Å². The van der Waals surface area contributed by atoms with Crippen LogP contribution < -0.4 is 4.74 Å². The molecule has 4 aliphatic rings. The molecule has 0 radical (unpaired) electrons. The molecule has 2 aliphatic heterocycles. The van der Waals surface area contributed by atoms with Crippen LogP contribution in [0.4, 0.5) is 0 Å². The molecule has 0 aromatic heterocycles. The van der Waals surface area contributed by atoms with Crippen LogP contribution in [0.1, 0.15) is 42.4 Å². The summed E-state index contributed by atoms with van der Waals surface area (Å²) in [4.78, 5) is 15.5. The lowest BCUT2D eigenvalue weighted by atomic mass is 9.49. The zero-order valence-electron chi connectivity index (χ0n) is 18.0. The van der Waals surface area contributed by atoms with Crippen molar-refractivity contribution in [3.05, 3.63) is 59.2 Å². The lowest BCUT2D eigenvalue weighted by Crippen LogP contribution is -2.77. The molecule has 1 spiro atoms. The van der Waals surface area contributed by atoms with E-state index >= 15 is 0 Å². The normalized spacial score (nSPS) is 33.1. The SMILES string of the molecule is CN1CC[C@]23c4c5ccc(O)c4OC2C(=O)CC[C@@]3(OCCCc2ccccc2)[C@H]1C5. The van der Waals surface area contributed by atoms with E-state index in [9.17, 15) is 9.90 Å². The average molecular weight is 420 g/mol. The summed E-state index contributed by atoms with van der Waals surface area (Å²) >= 11 is 0. The number of ketones is 1. The van der Waals surface area contributed by atoms with Gasteiger partial charge in [0.25, 0.3) is 0 Å². The summed E-state index contributed by atoms with van der Waals surface area (Å²) in [5, 5.41) is 10.6. The largest absolute Gasteiger partial charge is 0.504 e. The summed E-state index contributed by atoms with van der Waals surface area (Å²) in [5.74, 6) is 0.818. The number of aromatic hydroxyl groups is 1. The lowest BCUT2D eigenvalue weighted by molar-refractivity contribution is -0.210. The smallest absolute Gasteiger partial charge is 0.174 e. The summed E-state index contributed by atoms with van der Waals surface area (Å²) < 4.78 is 13.2. The second-order valence-corrected chi connectivity index (χ2v) is 9.66. The van der Waals surface area contributed by atoms with Gasteiger partial charge in [-0.15, -0.1) is 0 Å². The van der Waals surface area contributed by atoms with Gasteiger partial charge in [-0.2, -0.15) is 0 Å². The number of hydrogen-bond acceptors (Lipinski definition) is 5. The van der Waals surface area contributed by atoms with Gasteiger partial charge in [-0.05, 0) is 62.9 Å². The van der Waals surface area contributed by atoms with E-state index in [1.54, 1.807) is 6.07 Å². The van der Waals surface area contributed by atoms with E-state index in [0.29, 0.717) is 18.8 Å². The molecule has 31 heavy (non-hydrogen) atoms. The molecule has 2 aromatic rings. The average Bonchev–Trinajstić information content (AvgIpc) is 3.15. The number of carbonyl (C=O) groups excluding carboxylic acids is 1. The van der Waals surface area contributed by atoms with E-state index in [1.165, 1.54) is 11.1 Å². The molecule has 6 rings (SSSR count). The number of phenolic OH excluding ortho intramolecular Hbond substituents is 1. The Morgan fingerprint density at radius 2 is 2.03 bits per heavy atom. The van der Waals surface area contributed by atoms with E-state index in [-0.39, 0.29) is 17.6 Å². The van der Waals surface area contributed by atoms with E-state index in [4.69, 9.17) is 9.47 Å². The first kappa shape index (κ1) is 19.3. The van der Waals surface area contributed by atoms with E-state index in [2.05, 4.69) is 36.2 Å². The van der Waals surface area contributed by atoms with Crippen LogP contribution in [0.15, 0.2) is 42.5 Å². The molecule has 1 N–H and O–H groups in total. The first-order chi connectivity index (χ1) is 15.1. The second-order valence-electron chi connectivity index (χ2n) is 9.66. The van der Waals surface area contributed by atoms with Crippen molar-refractivity contribution in [1.29, 1.82) is 0 Å². The van der Waals surface area contributed by atoms with Crippen molar-refractivity contribution < 1.29 is 19.4 Å². The standard InChI is InChI=1S/C26H29NO4/c1-27-14-13-25-22-18-9-10-19(28)23(22)31-24(25)20(29)11-12-26(25,21(27)16-18)30-15-5-8-17-6-3-2-4-7-17/h2-4,6-7,9-10,21,24,28H,5,8,11-16H2,1H3/t21-,24?,25+,26-/m1/s1. The predicted molar refractivity (Wildman–Crippen MR) is 117 cm³/mol. The fraction of sp³-hybridized carbons (Fsp3) is 0.500. The summed E-state index contributed by atoms with van der Waals surface area (Å²) in [5.41, 5.74) is 2.62. The van der Waals surface area contributed by atoms with Gasteiger partial charge in [0.05, 0.1) is 11.0 Å². The van der Waals surface area contributed by atoms with Gasteiger partial charge in [-0.25, -0.2) is 0 Å². The Bertz CT molecular complexity index is 1040. The Balaban J connectivity index is 1.39. The highest BCUT2D eigenvalue weighted by molar-refractivity contribution is 5.90. The second kappa shape index (κ2) is 6.81. The number of aryl methyl sites for hydroxylation is 1. The molecule has 5 heteroatoms. The number of benzene rings is 2. The van der Waals surface area contributed by atoms with Crippen LogP contribution in [-0.4, -0.2) is 53.7 Å². The summed E-state index contributed by atoms with van der Waals surface area (Å²) in [7, 11) is 2.18. The number of rotatable bonds is 5. The maximum absolute atomic E-state index is 13.1. The topological polar surface area (TPSA) is 59.0 Å². The fourth-order valence-electron chi connectivity index (χ4n) is 6.98. The Morgan fingerprint density at radius 3 is 2.87 bits per heavy atom. The maximum atomic E-state index is 13.1. The van der Waals surface area contributed by atoms with Crippen molar-refractivity contribution in [2.24, 2.45) is 0 Å². The van der Waals surface area contributed by atoms with Gasteiger partial charge in [0.1, 0.15) is 0 Å². The first-order valence-electron chi connectivity index (χ1n) is 11.5. The molecule has 1 saturated heterocycles. The highest BCUT2D eigenvalue weighted by Gasteiger charge is 2.73. The van der Waals surface area contributed by atoms with Crippen LogP contribution in [0.25, 0.3) is 0 Å². The zero-order valence-corrected chi connectivity index (χ0v) is 18.0. The summed E-state index contributed by atoms with van der Waals surface area (Å²) in [6.07, 6.45) is 4.25. The van der Waals surface area contributed by atoms with Crippen LogP contribution in [0.5, 0.6) is 11.5 Å². The van der Waals surface area contributed by atoms with E-state index in [1.807, 2.05) is 12.1 Å². The Hall–Kier alpha value is -2.37. The highest BCUT2D eigenvalue weighted by atomic mass is 16.5. The number of phenols is 1. The van der Waals surface area contributed by atoms with E-state index in [0.717, 1.165) is 44.2 Å². The molecule has 2 bridgehead atoms. The molecular formula is C26H29NO4. The molecule has 4 atom stereocenters. The minimum atomic E-state index is -0.547. The van der Waals surface area contributed by atoms with Crippen LogP contribution in [0.3, 0.4) is 0 Å². The Morgan fingerprint density at radius 1 is 1.19 bits per heavy atom. The Kier molecular flexibility index (Phi) is 4.25. The van der Waals surface area contributed by atoms with Gasteiger partial charge < -0.3 is 19.5 Å². The van der Waals surface area contributed by atoms with Gasteiger partial charge in [-0.3, -0.25) is 4.79 Å². The molecule has 1 saturated carbocycles. The number of carbonyl (C=O) groups is 1. The lowest BCUT2D eigenvalue weighted by Gasteiger charge is -2.64. The third-order valence-corrected chi connectivity index (χ3v) is 8.30. The molecule has 0 amide bonds. The van der Waals surface area contributed by atoms with Gasteiger partial charge in [-0.1, -0.05) is 36.4 Å². The fourth-order valence-corrected chi connectivity index (χ4v) is 6.98. The van der Waals surface area contributed by atoms with Gasteiger partial charge in [0, 0.05) is 24.6 Å². The number of likely N-dealkylation sites (tertiary alicyclic amines) is 1. The molecular weight excluding hydrogens is 390 g/mol. The minimum absolute atomic E-state index is 0.144. The summed E-state index contributed by atoms with van der Waals surface area (Å²) in [6, 6.07) is 14.5. The number of nitrogens with zero attached hydrogens (tertiary/aromatic N) is 1. The molecule has 5 nitrogen and oxygen atoms in total. The number of likely N-dealkylation sites (N-methyl/N-ethyl adjacent to an activating group) is 1. The third-order valence-electron chi connectivity index (χ3n) is 8.30. The quantitative estimate of drug-likeness (QED) is 0.753. The highest BCUT2D eigenvalue weighted by Crippen LogP contribution is 2.65. The Labute approximate surface area is 183 Å². The van der Waals surface area contributed by atoms with Crippen molar-refractivity contribution in [2.75, 3.05) is 20.2 Å². The minimum Gasteiger partial charge on any atom is -0.504 e. The van der Waals surface area contributed by atoms with Gasteiger partial charge in [0.2, 0.25) is 0 Å². The molecule has 2 aliphatic carbocycles. The van der Waals surface area contributed by atoms with Crippen LogP contribution >= 0.6 is 0 Å². The molecule has 2 fully saturated rings. The van der Waals surface area contributed by atoms with Crippen molar-refractivity contribution in [2.45, 2.75) is 61.7 Å². The molecule has 2 heterocycles. The van der Waals surface area contributed by atoms with Crippen molar-refractivity contribution >= 4 is 5.78 Å². The number of piperidine rings is 1. The maximum Gasteiger partial charge on any atom is 0.174 e. The van der Waals surface area contributed by atoms with E-state index < -0.39 is 17.1 Å². The third kappa shape index (κ3) is 2.48. The molecule has 2 aromatic carbocycles. The number of hydrogen-bond donors (Lipinski definition) is 1. The zero-order chi connectivity index (χ0) is 21.2.